The van der Waals surface area contributed by atoms with Gasteiger partial charge in [-0.15, -0.1) is 0 Å². The molecule has 0 bridgehead atoms. The number of aromatic nitrogens is 1. The van der Waals surface area contributed by atoms with Gasteiger partial charge in [0.1, 0.15) is 0 Å². The molecule has 4 unspecified atom stereocenters. The molecule has 3 N–H and O–H groups in total. The molecule has 7 nitrogen and oxygen atoms in total. The molecule has 1 aliphatic heterocycles. The maximum Gasteiger partial charge on any atom is 0.254 e. The highest BCUT2D eigenvalue weighted by Gasteiger charge is 2.39. The van der Waals surface area contributed by atoms with Crippen LogP contribution in [-0.2, 0) is 16.1 Å². The third kappa shape index (κ3) is 7.57. The van der Waals surface area contributed by atoms with Gasteiger partial charge in [-0.25, -0.2) is 0 Å². The zero-order chi connectivity index (χ0) is 29.2. The number of hydrogen-bond acceptors (Lipinski definition) is 5. The van der Waals surface area contributed by atoms with Crippen LogP contribution in [0.4, 0.5) is 0 Å². The van der Waals surface area contributed by atoms with Crippen molar-refractivity contribution >= 4 is 11.8 Å². The first-order valence-corrected chi connectivity index (χ1v) is 14.2. The van der Waals surface area contributed by atoms with Crippen LogP contribution in [0.1, 0.15) is 38.7 Å². The van der Waals surface area contributed by atoms with Crippen LogP contribution in [0.2, 0.25) is 0 Å². The lowest BCUT2D eigenvalue weighted by Crippen LogP contribution is -2.52. The van der Waals surface area contributed by atoms with E-state index < -0.39 is 24.0 Å². The Balaban J connectivity index is 1.34. The van der Waals surface area contributed by atoms with Gasteiger partial charge in [-0.2, -0.15) is 0 Å². The Bertz CT molecular complexity index is 1350. The molecular weight excluding hydrogens is 514 g/mol. The van der Waals surface area contributed by atoms with Crippen LogP contribution in [0, 0.1) is 5.92 Å². The molecule has 0 spiro atoms. The van der Waals surface area contributed by atoms with Gasteiger partial charge in [-0.3, -0.25) is 14.6 Å². The van der Waals surface area contributed by atoms with E-state index in [1.165, 1.54) is 0 Å². The summed E-state index contributed by atoms with van der Waals surface area (Å²) in [7, 11) is 0. The van der Waals surface area contributed by atoms with Gasteiger partial charge in [0.05, 0.1) is 5.69 Å². The molecule has 1 fully saturated rings. The molecule has 4 atom stereocenters. The Hall–Kier alpha value is -4.07. The monoisotopic (exact) mass is 553 g/mol. The summed E-state index contributed by atoms with van der Waals surface area (Å²) in [5, 5.41) is 23.7. The number of pyridine rings is 1. The van der Waals surface area contributed by atoms with Crippen molar-refractivity contribution < 1.29 is 19.8 Å². The minimum absolute atomic E-state index is 0.0779. The minimum atomic E-state index is -1.87. The number of nitrogens with one attached hydrogen (secondary N) is 1. The van der Waals surface area contributed by atoms with E-state index in [2.05, 4.69) is 46.7 Å². The van der Waals surface area contributed by atoms with Crippen LogP contribution >= 0.6 is 0 Å². The topological polar surface area (TPSA) is 103 Å². The number of amides is 2. The molecule has 7 heteroatoms. The van der Waals surface area contributed by atoms with Crippen LogP contribution in [0.3, 0.4) is 0 Å². The van der Waals surface area contributed by atoms with E-state index in [0.29, 0.717) is 6.54 Å². The van der Waals surface area contributed by atoms with E-state index in [0.717, 1.165) is 47.2 Å². The maximum absolute atomic E-state index is 13.0. The Morgan fingerprint density at radius 2 is 1.73 bits per heavy atom. The second kappa shape index (κ2) is 14.5. The number of carbonyl (C=O) groups excluding carboxylic acids is 2. The first-order chi connectivity index (χ1) is 19.9. The number of carbonyl (C=O) groups is 2. The van der Waals surface area contributed by atoms with Crippen molar-refractivity contribution in [1.29, 1.82) is 0 Å². The normalized spacial score (nSPS) is 17.6. The highest BCUT2D eigenvalue weighted by molar-refractivity contribution is 5.91. The molecule has 0 saturated carbocycles. The number of nitrogens with zero attached hydrogens (tertiary/aromatic N) is 2. The molecule has 2 heterocycles. The smallest absolute Gasteiger partial charge is 0.254 e. The van der Waals surface area contributed by atoms with E-state index in [1.54, 1.807) is 11.1 Å². The second-order valence-corrected chi connectivity index (χ2v) is 10.4. The molecule has 2 aromatic carbocycles. The number of benzene rings is 2. The quantitative estimate of drug-likeness (QED) is 0.293. The highest BCUT2D eigenvalue weighted by Crippen LogP contribution is 2.31. The summed E-state index contributed by atoms with van der Waals surface area (Å²) in [5.41, 5.74) is 4.69. The van der Waals surface area contributed by atoms with Crippen molar-refractivity contribution in [2.24, 2.45) is 5.92 Å². The van der Waals surface area contributed by atoms with Gasteiger partial charge >= 0.3 is 0 Å². The van der Waals surface area contributed by atoms with Crippen LogP contribution < -0.4 is 5.32 Å². The van der Waals surface area contributed by atoms with Crippen LogP contribution in [0.25, 0.3) is 22.4 Å². The van der Waals surface area contributed by atoms with E-state index in [9.17, 15) is 19.8 Å². The van der Waals surface area contributed by atoms with E-state index >= 15 is 0 Å². The third-order valence-corrected chi connectivity index (χ3v) is 7.54. The fourth-order valence-electron chi connectivity index (χ4n) is 5.26. The summed E-state index contributed by atoms with van der Waals surface area (Å²) in [6.45, 7) is 4.60. The highest BCUT2D eigenvalue weighted by atomic mass is 16.3. The molecule has 1 saturated heterocycles. The number of rotatable bonds is 11. The average molecular weight is 554 g/mol. The fourth-order valence-corrected chi connectivity index (χ4v) is 5.26. The van der Waals surface area contributed by atoms with Crippen molar-refractivity contribution in [3.63, 3.8) is 0 Å². The zero-order valence-corrected chi connectivity index (χ0v) is 23.7. The number of likely N-dealkylation sites (tertiary alicyclic amines) is 1. The van der Waals surface area contributed by atoms with Gasteiger partial charge in [-0.1, -0.05) is 91.9 Å². The second-order valence-electron chi connectivity index (χ2n) is 10.4. The molecule has 3 aromatic rings. The molecule has 214 valence electrons. The van der Waals surface area contributed by atoms with E-state index in [1.807, 2.05) is 68.5 Å². The Labute approximate surface area is 242 Å². The van der Waals surface area contributed by atoms with Gasteiger partial charge in [0.2, 0.25) is 0 Å². The van der Waals surface area contributed by atoms with Gasteiger partial charge in [0, 0.05) is 30.9 Å². The molecule has 0 radical (unpaired) electrons. The lowest BCUT2D eigenvalue weighted by Gasteiger charge is -2.31. The Morgan fingerprint density at radius 3 is 2.44 bits per heavy atom. The van der Waals surface area contributed by atoms with Crippen LogP contribution in [0.15, 0.2) is 97.2 Å². The summed E-state index contributed by atoms with van der Waals surface area (Å²) in [5.74, 6) is -1.33. The fraction of sp³-hybridized carbons (Fsp3) is 0.324. The number of hydrogen-bond donors (Lipinski definition) is 3. The van der Waals surface area contributed by atoms with Crippen LogP contribution in [0.5, 0.6) is 0 Å². The van der Waals surface area contributed by atoms with Crippen LogP contribution in [-0.4, -0.2) is 56.7 Å². The van der Waals surface area contributed by atoms with Crippen molar-refractivity contribution in [1.82, 2.24) is 15.2 Å². The zero-order valence-electron chi connectivity index (χ0n) is 23.7. The van der Waals surface area contributed by atoms with Crippen molar-refractivity contribution in [3.05, 3.63) is 103 Å². The molecule has 1 aromatic heterocycles. The van der Waals surface area contributed by atoms with Gasteiger partial charge in [0.15, 0.2) is 12.2 Å². The first kappa shape index (κ1) is 29.9. The van der Waals surface area contributed by atoms with E-state index in [4.69, 9.17) is 0 Å². The molecule has 1 aliphatic rings. The summed E-state index contributed by atoms with van der Waals surface area (Å²) in [4.78, 5) is 31.9. The molecule has 4 rings (SSSR count). The van der Waals surface area contributed by atoms with Gasteiger partial charge in [0.25, 0.3) is 11.8 Å². The lowest BCUT2D eigenvalue weighted by atomic mass is 9.97. The van der Waals surface area contributed by atoms with Crippen molar-refractivity contribution in [2.75, 3.05) is 6.54 Å². The predicted octanol–water partition coefficient (Wildman–Crippen LogP) is 4.90. The third-order valence-electron chi connectivity index (χ3n) is 7.54. The summed E-state index contributed by atoms with van der Waals surface area (Å²) in [6.07, 6.45) is 8.61. The summed E-state index contributed by atoms with van der Waals surface area (Å²) in [6, 6.07) is 21.8. The average Bonchev–Trinajstić information content (AvgIpc) is 3.52. The van der Waals surface area contributed by atoms with Crippen molar-refractivity contribution in [2.45, 2.75) is 57.9 Å². The summed E-state index contributed by atoms with van der Waals surface area (Å²) >= 11 is 0. The van der Waals surface area contributed by atoms with Gasteiger partial charge < -0.3 is 20.4 Å². The Morgan fingerprint density at radius 1 is 1.00 bits per heavy atom. The number of aliphatic hydroxyl groups excluding tert-OH is 2. The maximum atomic E-state index is 13.0. The summed E-state index contributed by atoms with van der Waals surface area (Å²) < 4.78 is 0. The first-order valence-electron chi connectivity index (χ1n) is 14.2. The predicted molar refractivity (Wildman–Crippen MR) is 161 cm³/mol. The molecule has 41 heavy (non-hydrogen) atoms. The molecular formula is C34H39N3O4. The van der Waals surface area contributed by atoms with Gasteiger partial charge in [-0.05, 0) is 54.9 Å². The van der Waals surface area contributed by atoms with Crippen molar-refractivity contribution in [3.8, 4) is 22.4 Å². The van der Waals surface area contributed by atoms with E-state index in [-0.39, 0.29) is 18.5 Å². The minimum Gasteiger partial charge on any atom is -0.380 e. The largest absolute Gasteiger partial charge is 0.380 e. The SMILES string of the molecule is C/C=C\C/C=C\C(C)C1CCCN1C(=O)C(O)C(O)C(=O)NCc1ccc(-c2ccccc2-c2ccccc2)nc1. The lowest BCUT2D eigenvalue weighted by molar-refractivity contribution is -0.154. The Kier molecular flexibility index (Phi) is 10.6. The molecule has 2 amide bonds. The standard InChI is InChI=1S/C34H39N3O4/c1-3-4-5-7-13-24(2)30-18-12-21-37(30)34(41)32(39)31(38)33(40)36-23-25-19-20-29(35-22-25)28-17-11-10-16-27(28)26-14-8-6-9-15-26/h3-4,6-11,13-17,19-20,22,24,30-32,38-39H,5,12,18,21,23H2,1-2H3,(H,36,40)/b4-3-,13-7-. The number of aliphatic hydroxyl groups is 2. The number of allylic oxidation sites excluding steroid dienone is 3. The molecule has 0 aliphatic carbocycles.